The summed E-state index contributed by atoms with van der Waals surface area (Å²) in [6.07, 6.45) is 21.4. The predicted molar refractivity (Wildman–Crippen MR) is 124 cm³/mol. The molecule has 4 saturated carbocycles. The highest BCUT2D eigenvalue weighted by atomic mass is 16.5. The van der Waals surface area contributed by atoms with Gasteiger partial charge in [0.1, 0.15) is 0 Å². The Morgan fingerprint density at radius 3 is 1.28 bits per heavy atom. The van der Waals surface area contributed by atoms with Crippen molar-refractivity contribution in [1.82, 2.24) is 0 Å². The first kappa shape index (κ1) is 22.2. The summed E-state index contributed by atoms with van der Waals surface area (Å²) in [5.41, 5.74) is 0. The number of methoxy groups -OCH3 is 1. The van der Waals surface area contributed by atoms with Crippen molar-refractivity contribution in [2.75, 3.05) is 7.11 Å². The minimum Gasteiger partial charge on any atom is -0.381 e. The number of ether oxygens (including phenoxy) is 1. The molecule has 0 saturated heterocycles. The molecule has 1 heteroatoms. The summed E-state index contributed by atoms with van der Waals surface area (Å²) in [7, 11) is 1.91. The van der Waals surface area contributed by atoms with Crippen LogP contribution in [0.5, 0.6) is 0 Å². The van der Waals surface area contributed by atoms with E-state index in [0.29, 0.717) is 6.10 Å². The van der Waals surface area contributed by atoms with Crippen molar-refractivity contribution in [3.63, 3.8) is 0 Å². The molecule has 0 aromatic carbocycles. The first-order valence-electron chi connectivity index (χ1n) is 13.6. The molecule has 4 aliphatic rings. The summed E-state index contributed by atoms with van der Waals surface area (Å²) in [5.74, 6) is 9.13. The van der Waals surface area contributed by atoms with Crippen molar-refractivity contribution < 1.29 is 4.74 Å². The van der Waals surface area contributed by atoms with E-state index in [1.807, 2.05) is 7.11 Å². The maximum absolute atomic E-state index is 5.63. The fraction of sp³-hybridized carbons (Fsp3) is 1.00. The lowest BCUT2D eigenvalue weighted by Crippen LogP contribution is -2.40. The van der Waals surface area contributed by atoms with Crippen LogP contribution < -0.4 is 0 Å². The monoisotopic (exact) mass is 402 g/mol. The lowest BCUT2D eigenvalue weighted by Gasteiger charge is -2.49. The third-order valence-electron chi connectivity index (χ3n) is 10.8. The molecule has 0 aromatic rings. The molecule has 0 spiro atoms. The molecule has 4 unspecified atom stereocenters. The van der Waals surface area contributed by atoms with Crippen LogP contribution in [0.4, 0.5) is 0 Å². The van der Waals surface area contributed by atoms with Gasteiger partial charge in [0.25, 0.3) is 0 Å². The number of rotatable bonds is 4. The normalized spacial score (nSPS) is 49.7. The van der Waals surface area contributed by atoms with Gasteiger partial charge in [0.2, 0.25) is 0 Å². The second-order valence-electron chi connectivity index (χ2n) is 12.1. The van der Waals surface area contributed by atoms with E-state index in [-0.39, 0.29) is 0 Å². The summed E-state index contributed by atoms with van der Waals surface area (Å²) in [6.45, 7) is 7.73. The molecule has 4 atom stereocenters. The third-order valence-corrected chi connectivity index (χ3v) is 10.8. The van der Waals surface area contributed by atoms with Crippen LogP contribution in [0, 0.1) is 53.3 Å². The predicted octanol–water partition coefficient (Wildman–Crippen LogP) is 8.12. The summed E-state index contributed by atoms with van der Waals surface area (Å²) in [5, 5.41) is 0. The highest BCUT2D eigenvalue weighted by Crippen LogP contribution is 2.51. The highest BCUT2D eigenvalue weighted by Gasteiger charge is 2.42. The lowest BCUT2D eigenvalue weighted by molar-refractivity contribution is -0.00587. The standard InChI is InChI=1S/C28H50O/c1-19-5-7-22(8-6-19)23-9-11-24(12-10-23)27-17-18-28(21(3)20(27)2)25-13-15-26(29-4)16-14-25/h19-28H,5-18H2,1-4H3. The first-order valence-corrected chi connectivity index (χ1v) is 13.6. The molecule has 0 amide bonds. The van der Waals surface area contributed by atoms with Crippen LogP contribution in [0.1, 0.15) is 111 Å². The van der Waals surface area contributed by atoms with Crippen LogP contribution in [0.2, 0.25) is 0 Å². The zero-order valence-corrected chi connectivity index (χ0v) is 20.1. The fourth-order valence-electron chi connectivity index (χ4n) is 8.57. The molecular weight excluding hydrogens is 352 g/mol. The van der Waals surface area contributed by atoms with Gasteiger partial charge < -0.3 is 4.74 Å². The quantitative estimate of drug-likeness (QED) is 0.461. The molecule has 0 bridgehead atoms. The van der Waals surface area contributed by atoms with Crippen LogP contribution >= 0.6 is 0 Å². The van der Waals surface area contributed by atoms with Gasteiger partial charge in [-0.3, -0.25) is 0 Å². The SMILES string of the molecule is COC1CCC(C2CCC(C3CCC(C4CCC(C)CC4)CC3)C(C)C2C)CC1. The topological polar surface area (TPSA) is 9.23 Å². The van der Waals surface area contributed by atoms with Crippen molar-refractivity contribution in [1.29, 1.82) is 0 Å². The average Bonchev–Trinajstić information content (AvgIpc) is 2.76. The molecule has 4 fully saturated rings. The third kappa shape index (κ3) is 5.07. The van der Waals surface area contributed by atoms with Crippen LogP contribution in [0.25, 0.3) is 0 Å². The molecule has 4 aliphatic carbocycles. The van der Waals surface area contributed by atoms with Gasteiger partial charge in [0.05, 0.1) is 6.10 Å². The van der Waals surface area contributed by atoms with Crippen molar-refractivity contribution in [2.45, 2.75) is 117 Å². The van der Waals surface area contributed by atoms with E-state index in [2.05, 4.69) is 20.8 Å². The second-order valence-corrected chi connectivity index (χ2v) is 12.1. The van der Waals surface area contributed by atoms with E-state index in [1.165, 1.54) is 51.4 Å². The summed E-state index contributed by atoms with van der Waals surface area (Å²) in [6, 6.07) is 0. The van der Waals surface area contributed by atoms with Gasteiger partial charge in [-0.1, -0.05) is 33.6 Å². The molecule has 4 rings (SSSR count). The van der Waals surface area contributed by atoms with E-state index in [9.17, 15) is 0 Å². The van der Waals surface area contributed by atoms with Crippen LogP contribution in [-0.2, 0) is 4.74 Å². The molecule has 1 nitrogen and oxygen atoms in total. The molecular formula is C28H50O. The molecule has 0 radical (unpaired) electrons. The van der Waals surface area contributed by atoms with Crippen LogP contribution in [-0.4, -0.2) is 13.2 Å². The molecule has 0 aliphatic heterocycles. The minimum absolute atomic E-state index is 0.554. The Balaban J connectivity index is 1.26. The van der Waals surface area contributed by atoms with Crippen molar-refractivity contribution in [3.8, 4) is 0 Å². The molecule has 0 heterocycles. The Labute approximate surface area is 182 Å². The Kier molecular flexibility index (Phi) is 7.68. The van der Waals surface area contributed by atoms with Crippen LogP contribution in [0.15, 0.2) is 0 Å². The Morgan fingerprint density at radius 1 is 0.448 bits per heavy atom. The molecule has 29 heavy (non-hydrogen) atoms. The zero-order valence-electron chi connectivity index (χ0n) is 20.1. The molecule has 0 N–H and O–H groups in total. The summed E-state index contributed by atoms with van der Waals surface area (Å²) < 4.78 is 5.63. The van der Waals surface area contributed by atoms with E-state index in [0.717, 1.165) is 53.3 Å². The lowest BCUT2D eigenvalue weighted by atomic mass is 9.57. The number of hydrogen-bond donors (Lipinski definition) is 0. The van der Waals surface area contributed by atoms with E-state index in [1.54, 1.807) is 38.5 Å². The number of hydrogen-bond acceptors (Lipinski definition) is 1. The summed E-state index contributed by atoms with van der Waals surface area (Å²) >= 11 is 0. The second kappa shape index (κ2) is 10.1. The maximum atomic E-state index is 5.63. The van der Waals surface area contributed by atoms with E-state index in [4.69, 9.17) is 4.74 Å². The largest absolute Gasteiger partial charge is 0.381 e. The zero-order chi connectivity index (χ0) is 20.4. The Hall–Kier alpha value is -0.0400. The maximum Gasteiger partial charge on any atom is 0.0571 e. The average molecular weight is 403 g/mol. The summed E-state index contributed by atoms with van der Waals surface area (Å²) in [4.78, 5) is 0. The van der Waals surface area contributed by atoms with Gasteiger partial charge >= 0.3 is 0 Å². The van der Waals surface area contributed by atoms with Gasteiger partial charge in [0, 0.05) is 7.11 Å². The van der Waals surface area contributed by atoms with Gasteiger partial charge in [-0.2, -0.15) is 0 Å². The highest BCUT2D eigenvalue weighted by molar-refractivity contribution is 4.92. The van der Waals surface area contributed by atoms with Crippen LogP contribution in [0.3, 0.4) is 0 Å². The van der Waals surface area contributed by atoms with Crippen molar-refractivity contribution in [2.24, 2.45) is 53.3 Å². The molecule has 0 aromatic heterocycles. The Bertz CT molecular complexity index is 477. The van der Waals surface area contributed by atoms with Crippen molar-refractivity contribution >= 4 is 0 Å². The first-order chi connectivity index (χ1) is 14.1. The van der Waals surface area contributed by atoms with Gasteiger partial charge in [-0.15, -0.1) is 0 Å². The minimum atomic E-state index is 0.554. The fourth-order valence-corrected chi connectivity index (χ4v) is 8.57. The van der Waals surface area contributed by atoms with E-state index >= 15 is 0 Å². The van der Waals surface area contributed by atoms with E-state index < -0.39 is 0 Å². The Morgan fingerprint density at radius 2 is 0.828 bits per heavy atom. The molecule has 168 valence electrons. The van der Waals surface area contributed by atoms with Crippen molar-refractivity contribution in [3.05, 3.63) is 0 Å². The van der Waals surface area contributed by atoms with Gasteiger partial charge in [-0.05, 0) is 130 Å². The smallest absolute Gasteiger partial charge is 0.0571 e. The van der Waals surface area contributed by atoms with Gasteiger partial charge in [0.15, 0.2) is 0 Å². The van der Waals surface area contributed by atoms with Gasteiger partial charge in [-0.25, -0.2) is 0 Å².